The number of hydrogen-bond donors (Lipinski definition) is 4. The number of ether oxygens (including phenoxy) is 4. The third-order valence-electron chi connectivity index (χ3n) is 8.82. The Morgan fingerprint density at radius 2 is 1.07 bits per heavy atom. The fourth-order valence-electron chi connectivity index (χ4n) is 5.64. The maximum Gasteiger partial charge on any atom is 0.306 e. The topological polar surface area (TPSA) is 135 Å². The molecule has 6 unspecified atom stereocenters. The molecule has 0 bridgehead atoms. The van der Waals surface area contributed by atoms with Gasteiger partial charge < -0.3 is 39.4 Å². The Morgan fingerprint density at radius 3 is 1.61 bits per heavy atom. The van der Waals surface area contributed by atoms with Crippen molar-refractivity contribution in [3.05, 3.63) is 85.1 Å². The summed E-state index contributed by atoms with van der Waals surface area (Å²) in [5.41, 5.74) is 0. The van der Waals surface area contributed by atoms with Crippen LogP contribution in [0.1, 0.15) is 129 Å². The molecule has 9 nitrogen and oxygen atoms in total. The first-order chi connectivity index (χ1) is 26.4. The van der Waals surface area contributed by atoms with Gasteiger partial charge in [-0.25, -0.2) is 0 Å². The molecular weight excluding hydrogens is 684 g/mol. The molecule has 0 saturated carbocycles. The second kappa shape index (κ2) is 36.0. The number of unbranched alkanes of at least 4 members (excludes halogenated alkanes) is 8. The Labute approximate surface area is 327 Å². The minimum Gasteiger partial charge on any atom is -0.457 e. The summed E-state index contributed by atoms with van der Waals surface area (Å²) in [5, 5.41) is 40.0. The summed E-state index contributed by atoms with van der Waals surface area (Å²) < 4.78 is 22.7. The Balaban J connectivity index is 2.34. The Kier molecular flexibility index (Phi) is 33.0. The van der Waals surface area contributed by atoms with Crippen LogP contribution >= 0.6 is 0 Å². The molecule has 4 N–H and O–H groups in total. The molecule has 0 amide bonds. The zero-order valence-corrected chi connectivity index (χ0v) is 33.4. The van der Waals surface area contributed by atoms with Crippen molar-refractivity contribution < 1.29 is 44.2 Å². The van der Waals surface area contributed by atoms with E-state index in [0.29, 0.717) is 13.0 Å². The van der Waals surface area contributed by atoms with Crippen LogP contribution in [-0.2, 0) is 23.7 Å². The van der Waals surface area contributed by atoms with Crippen LogP contribution in [0.25, 0.3) is 0 Å². The molecule has 1 aliphatic heterocycles. The molecule has 1 aliphatic rings. The molecule has 1 fully saturated rings. The molecule has 0 spiro atoms. The van der Waals surface area contributed by atoms with Gasteiger partial charge >= 0.3 is 5.97 Å². The number of rotatable bonds is 33. The molecule has 0 radical (unpaired) electrons. The predicted molar refractivity (Wildman–Crippen MR) is 219 cm³/mol. The van der Waals surface area contributed by atoms with Crippen LogP contribution < -0.4 is 0 Å². The highest BCUT2D eigenvalue weighted by molar-refractivity contribution is 5.69. The van der Waals surface area contributed by atoms with E-state index in [1.807, 2.05) is 12.2 Å². The normalized spacial score (nSPS) is 21.8. The lowest BCUT2D eigenvalue weighted by molar-refractivity contribution is -0.305. The molecule has 0 aromatic heterocycles. The first-order valence-electron chi connectivity index (χ1n) is 20.7. The molecule has 1 heterocycles. The Bertz CT molecular complexity index is 1090. The van der Waals surface area contributed by atoms with E-state index in [4.69, 9.17) is 18.9 Å². The number of carbonyl (C=O) groups is 1. The standard InChI is InChI=1S/C45H74O9/c1-3-5-7-9-11-13-15-17-18-19-20-21-23-25-27-29-31-33-35-51-37-39(38-52-45-44(50)43(49)42(48)40(36-46)54-45)53-41(47)34-32-30-28-26-24-22-16-14-12-10-8-6-4-2/h5-8,11-14,17-18,22,24,28,30,39-40,42-46,48-50H,3-4,9-10,15-16,19-21,23,25-27,29,31-38H2,1-2H3/b7-5-,8-6-,13-11-,14-12-,18-17-,24-22-,30-28-. The lowest BCUT2D eigenvalue weighted by atomic mass is 9.99. The first-order valence-corrected chi connectivity index (χ1v) is 20.7. The van der Waals surface area contributed by atoms with Crippen LogP contribution in [-0.4, -0.2) is 89.6 Å². The number of aliphatic hydroxyl groups is 4. The first kappa shape index (κ1) is 49.4. The minimum absolute atomic E-state index is 0.105. The van der Waals surface area contributed by atoms with Crippen LogP contribution in [0.4, 0.5) is 0 Å². The number of carbonyl (C=O) groups excluding carboxylic acids is 1. The quantitative estimate of drug-likeness (QED) is 0.0295. The van der Waals surface area contributed by atoms with Crippen molar-refractivity contribution in [3.63, 3.8) is 0 Å². The lowest BCUT2D eigenvalue weighted by Gasteiger charge is -2.39. The Hall–Kier alpha value is -2.63. The van der Waals surface area contributed by atoms with E-state index in [1.54, 1.807) is 0 Å². The summed E-state index contributed by atoms with van der Waals surface area (Å²) >= 11 is 0. The van der Waals surface area contributed by atoms with Crippen molar-refractivity contribution in [1.29, 1.82) is 0 Å². The minimum atomic E-state index is -1.55. The van der Waals surface area contributed by atoms with Gasteiger partial charge in [0.1, 0.15) is 30.5 Å². The van der Waals surface area contributed by atoms with E-state index in [0.717, 1.165) is 70.6 Å². The summed E-state index contributed by atoms with van der Waals surface area (Å²) in [6, 6.07) is 0. The van der Waals surface area contributed by atoms with Gasteiger partial charge in [-0.1, -0.05) is 137 Å². The molecule has 0 aliphatic carbocycles. The van der Waals surface area contributed by atoms with Gasteiger partial charge in [0.2, 0.25) is 0 Å². The number of aliphatic hydroxyl groups excluding tert-OH is 4. The fourth-order valence-corrected chi connectivity index (χ4v) is 5.64. The Morgan fingerprint density at radius 1 is 0.593 bits per heavy atom. The van der Waals surface area contributed by atoms with E-state index in [1.165, 1.54) is 32.1 Å². The monoisotopic (exact) mass is 759 g/mol. The van der Waals surface area contributed by atoms with Gasteiger partial charge in [-0.15, -0.1) is 0 Å². The van der Waals surface area contributed by atoms with Gasteiger partial charge in [-0.3, -0.25) is 4.79 Å². The highest BCUT2D eigenvalue weighted by atomic mass is 16.7. The number of hydrogen-bond acceptors (Lipinski definition) is 9. The number of esters is 1. The summed E-state index contributed by atoms with van der Waals surface area (Å²) in [7, 11) is 0. The van der Waals surface area contributed by atoms with Crippen LogP contribution in [0.2, 0.25) is 0 Å². The lowest BCUT2D eigenvalue weighted by Crippen LogP contribution is -2.59. The van der Waals surface area contributed by atoms with Crippen LogP contribution in [0, 0.1) is 0 Å². The molecule has 1 saturated heterocycles. The van der Waals surface area contributed by atoms with Gasteiger partial charge in [-0.2, -0.15) is 0 Å². The molecule has 9 heteroatoms. The average Bonchev–Trinajstić information content (AvgIpc) is 3.17. The molecule has 308 valence electrons. The summed E-state index contributed by atoms with van der Waals surface area (Å²) in [6.07, 6.45) is 40.5. The van der Waals surface area contributed by atoms with Gasteiger partial charge in [0.15, 0.2) is 6.29 Å². The molecule has 54 heavy (non-hydrogen) atoms. The van der Waals surface area contributed by atoms with Gasteiger partial charge in [-0.05, 0) is 70.6 Å². The second-order valence-electron chi connectivity index (χ2n) is 13.7. The van der Waals surface area contributed by atoms with Crippen molar-refractivity contribution >= 4 is 5.97 Å². The number of allylic oxidation sites excluding steroid dienone is 14. The van der Waals surface area contributed by atoms with Crippen molar-refractivity contribution in [1.82, 2.24) is 0 Å². The van der Waals surface area contributed by atoms with E-state index < -0.39 is 49.4 Å². The van der Waals surface area contributed by atoms with Crippen LogP contribution in [0.15, 0.2) is 85.1 Å². The van der Waals surface area contributed by atoms with Gasteiger partial charge in [0.05, 0.1) is 19.8 Å². The summed E-state index contributed by atoms with van der Waals surface area (Å²) in [5.74, 6) is -0.400. The third-order valence-corrected chi connectivity index (χ3v) is 8.82. The predicted octanol–water partition coefficient (Wildman–Crippen LogP) is 8.69. The van der Waals surface area contributed by atoms with Gasteiger partial charge in [0, 0.05) is 13.0 Å². The van der Waals surface area contributed by atoms with E-state index >= 15 is 0 Å². The molecular formula is C45H74O9. The van der Waals surface area contributed by atoms with Gasteiger partial charge in [0.25, 0.3) is 0 Å². The largest absolute Gasteiger partial charge is 0.457 e. The summed E-state index contributed by atoms with van der Waals surface area (Å²) in [6.45, 7) is 4.19. The van der Waals surface area contributed by atoms with Crippen molar-refractivity contribution in [3.8, 4) is 0 Å². The highest BCUT2D eigenvalue weighted by Gasteiger charge is 2.44. The molecule has 6 atom stereocenters. The highest BCUT2D eigenvalue weighted by Crippen LogP contribution is 2.22. The van der Waals surface area contributed by atoms with E-state index in [2.05, 4.69) is 86.8 Å². The van der Waals surface area contributed by atoms with E-state index in [9.17, 15) is 25.2 Å². The second-order valence-corrected chi connectivity index (χ2v) is 13.7. The average molecular weight is 759 g/mol. The molecule has 1 rings (SSSR count). The van der Waals surface area contributed by atoms with Crippen molar-refractivity contribution in [2.75, 3.05) is 26.4 Å². The molecule has 0 aromatic carbocycles. The fraction of sp³-hybridized carbons (Fsp3) is 0.667. The zero-order chi connectivity index (χ0) is 39.3. The van der Waals surface area contributed by atoms with E-state index in [-0.39, 0.29) is 19.6 Å². The van der Waals surface area contributed by atoms with Crippen molar-refractivity contribution in [2.24, 2.45) is 0 Å². The smallest absolute Gasteiger partial charge is 0.306 e. The SMILES string of the molecule is CC/C=C\C/C=C\C/C=C\C/C=C\CCC(=O)OC(COCCCCCCCCCC/C=C\C/C=C\C/C=C\CC)COC1OC(CO)C(O)C(O)C1O. The zero-order valence-electron chi connectivity index (χ0n) is 33.4. The third kappa shape index (κ3) is 27.0. The summed E-state index contributed by atoms with van der Waals surface area (Å²) in [4.78, 5) is 12.7. The maximum atomic E-state index is 12.7. The van der Waals surface area contributed by atoms with Crippen LogP contribution in [0.5, 0.6) is 0 Å². The van der Waals surface area contributed by atoms with Crippen molar-refractivity contribution in [2.45, 2.75) is 166 Å². The molecule has 0 aromatic rings. The van der Waals surface area contributed by atoms with Crippen LogP contribution in [0.3, 0.4) is 0 Å². The maximum absolute atomic E-state index is 12.7.